The third kappa shape index (κ3) is 5.14. The van der Waals surface area contributed by atoms with Crippen LogP contribution in [0.4, 0.5) is 30.4 Å². The van der Waals surface area contributed by atoms with Gasteiger partial charge in [0.05, 0.1) is 42.3 Å². The number of ether oxygens (including phenoxy) is 1. The van der Waals surface area contributed by atoms with Crippen LogP contribution in [0, 0.1) is 22.7 Å². The van der Waals surface area contributed by atoms with Gasteiger partial charge in [-0.2, -0.15) is 28.2 Å². The van der Waals surface area contributed by atoms with E-state index in [4.69, 9.17) is 10.00 Å². The molecule has 0 radical (unpaired) electrons. The molecule has 12 heteroatoms. The zero-order valence-electron chi connectivity index (χ0n) is 17.4. The number of nitrogens with zero attached hydrogens (tertiary/aromatic N) is 6. The highest BCUT2D eigenvalue weighted by Crippen LogP contribution is 2.33. The van der Waals surface area contributed by atoms with Crippen molar-refractivity contribution < 1.29 is 17.9 Å². The van der Waals surface area contributed by atoms with E-state index in [-0.39, 0.29) is 22.8 Å². The van der Waals surface area contributed by atoms with Crippen molar-refractivity contribution in [1.29, 1.82) is 10.5 Å². The van der Waals surface area contributed by atoms with Gasteiger partial charge in [-0.15, -0.1) is 5.10 Å². The molecule has 0 aliphatic carbocycles. The van der Waals surface area contributed by atoms with Crippen molar-refractivity contribution in [2.45, 2.75) is 6.18 Å². The molecule has 9 nitrogen and oxygen atoms in total. The largest absolute Gasteiger partial charge is 0.416 e. The molecule has 1 aromatic carbocycles. The van der Waals surface area contributed by atoms with Gasteiger partial charge in [-0.1, -0.05) is 0 Å². The number of alkyl halides is 3. The van der Waals surface area contributed by atoms with E-state index in [2.05, 4.69) is 25.6 Å². The highest BCUT2D eigenvalue weighted by atomic mass is 19.4. The average molecular weight is 456 g/mol. The Bertz CT molecular complexity index is 1240. The average Bonchev–Trinajstić information content (AvgIpc) is 3.22. The maximum atomic E-state index is 13.2. The smallest absolute Gasteiger partial charge is 0.381 e. The number of benzene rings is 1. The summed E-state index contributed by atoms with van der Waals surface area (Å²) in [5, 5.41) is 28.9. The van der Waals surface area contributed by atoms with Crippen molar-refractivity contribution in [2.75, 3.05) is 50.0 Å². The van der Waals surface area contributed by atoms with E-state index in [1.807, 2.05) is 6.07 Å². The number of anilines is 3. The van der Waals surface area contributed by atoms with Crippen LogP contribution in [-0.2, 0) is 10.9 Å². The molecule has 3 aromatic rings. The third-order valence-corrected chi connectivity index (χ3v) is 5.09. The molecular formula is C21H19F3N8O. The summed E-state index contributed by atoms with van der Waals surface area (Å²) < 4.78 is 46.3. The number of imidazole rings is 1. The lowest BCUT2D eigenvalue weighted by molar-refractivity contribution is -0.137. The summed E-state index contributed by atoms with van der Waals surface area (Å²) >= 11 is 0. The fraction of sp³-hybridized carbons (Fsp3) is 0.333. The molecule has 0 atom stereocenters. The van der Waals surface area contributed by atoms with Gasteiger partial charge in [0.25, 0.3) is 0 Å². The number of hydrogen-bond donors (Lipinski definition) is 2. The van der Waals surface area contributed by atoms with Crippen molar-refractivity contribution in [2.24, 2.45) is 0 Å². The highest BCUT2D eigenvalue weighted by molar-refractivity contribution is 5.73. The van der Waals surface area contributed by atoms with Crippen molar-refractivity contribution in [3.63, 3.8) is 0 Å². The molecule has 0 unspecified atom stereocenters. The molecule has 170 valence electrons. The molecule has 1 aliphatic rings. The fourth-order valence-corrected chi connectivity index (χ4v) is 3.49. The lowest BCUT2D eigenvalue weighted by Gasteiger charge is -2.26. The second-order valence-corrected chi connectivity index (χ2v) is 7.35. The Labute approximate surface area is 187 Å². The van der Waals surface area contributed by atoms with Gasteiger partial charge < -0.3 is 15.4 Å². The molecule has 1 saturated heterocycles. The second kappa shape index (κ2) is 9.32. The van der Waals surface area contributed by atoms with Crippen molar-refractivity contribution in [3.05, 3.63) is 47.3 Å². The molecule has 1 aliphatic heterocycles. The molecule has 1 fully saturated rings. The Morgan fingerprint density at radius 2 is 1.88 bits per heavy atom. The first-order valence-electron chi connectivity index (χ1n) is 10.1. The van der Waals surface area contributed by atoms with E-state index >= 15 is 0 Å². The minimum absolute atomic E-state index is 0.0473. The Morgan fingerprint density at radius 3 is 2.58 bits per heavy atom. The van der Waals surface area contributed by atoms with Crippen LogP contribution in [0.5, 0.6) is 0 Å². The van der Waals surface area contributed by atoms with Gasteiger partial charge in [0, 0.05) is 37.9 Å². The first kappa shape index (κ1) is 22.3. The van der Waals surface area contributed by atoms with Gasteiger partial charge in [-0.3, -0.25) is 4.90 Å². The molecule has 0 spiro atoms. The number of rotatable bonds is 6. The zero-order valence-corrected chi connectivity index (χ0v) is 17.4. The molecule has 3 heterocycles. The number of morpholine rings is 1. The number of halogens is 3. The van der Waals surface area contributed by atoms with E-state index in [0.717, 1.165) is 31.8 Å². The highest BCUT2D eigenvalue weighted by Gasteiger charge is 2.31. The van der Waals surface area contributed by atoms with E-state index in [0.29, 0.717) is 31.1 Å². The van der Waals surface area contributed by atoms with Crippen LogP contribution in [0.25, 0.3) is 5.65 Å². The molecule has 0 saturated carbocycles. The number of aromatic nitrogens is 3. The molecule has 0 amide bonds. The summed E-state index contributed by atoms with van der Waals surface area (Å²) in [7, 11) is 0. The summed E-state index contributed by atoms with van der Waals surface area (Å²) in [6.07, 6.45) is -3.23. The summed E-state index contributed by atoms with van der Waals surface area (Å²) in [5.74, 6) is 0.189. The maximum absolute atomic E-state index is 13.2. The van der Waals surface area contributed by atoms with E-state index in [1.54, 1.807) is 12.1 Å². The first-order valence-corrected chi connectivity index (χ1v) is 10.1. The standard InChI is InChI=1S/C21H19F3N8O/c22-21(23,24)15-7-14(11-25)8-16(9-15)29-19-10-18(20-28-13-17(12-26)32(20)30-19)27-1-2-31-3-5-33-6-4-31/h7-10,13,27H,1-6H2,(H,29,30). The fourth-order valence-electron chi connectivity index (χ4n) is 3.49. The van der Waals surface area contributed by atoms with Gasteiger partial charge >= 0.3 is 6.18 Å². The van der Waals surface area contributed by atoms with Crippen molar-refractivity contribution in [1.82, 2.24) is 19.5 Å². The van der Waals surface area contributed by atoms with Crippen LogP contribution in [0.15, 0.2) is 30.5 Å². The molecule has 2 aromatic heterocycles. The zero-order chi connectivity index (χ0) is 23.4. The first-order chi connectivity index (χ1) is 15.9. The Hall–Kier alpha value is -3.87. The third-order valence-electron chi connectivity index (χ3n) is 5.09. The van der Waals surface area contributed by atoms with Gasteiger partial charge in [-0.05, 0) is 18.2 Å². The van der Waals surface area contributed by atoms with Gasteiger partial charge in [-0.25, -0.2) is 4.98 Å². The number of nitriles is 2. The van der Waals surface area contributed by atoms with Gasteiger partial charge in [0.1, 0.15) is 6.07 Å². The monoisotopic (exact) mass is 456 g/mol. The van der Waals surface area contributed by atoms with Crippen LogP contribution >= 0.6 is 0 Å². The predicted octanol–water partition coefficient (Wildman–Crippen LogP) is 2.98. The van der Waals surface area contributed by atoms with Crippen LogP contribution in [0.3, 0.4) is 0 Å². The van der Waals surface area contributed by atoms with Crippen LogP contribution < -0.4 is 10.6 Å². The number of nitrogens with one attached hydrogen (secondary N) is 2. The lowest BCUT2D eigenvalue weighted by atomic mass is 10.1. The van der Waals surface area contributed by atoms with Crippen molar-refractivity contribution in [3.8, 4) is 12.1 Å². The predicted molar refractivity (Wildman–Crippen MR) is 113 cm³/mol. The molecule has 0 bridgehead atoms. The summed E-state index contributed by atoms with van der Waals surface area (Å²) in [4.78, 5) is 6.48. The Kier molecular flexibility index (Phi) is 6.31. The quantitative estimate of drug-likeness (QED) is 0.582. The van der Waals surface area contributed by atoms with Crippen LogP contribution in [-0.4, -0.2) is 58.9 Å². The SMILES string of the molecule is N#Cc1cc(Nc2cc(NCCN3CCOCC3)c3ncc(C#N)n3n2)cc(C(F)(F)F)c1. The number of hydrogen-bond acceptors (Lipinski definition) is 8. The summed E-state index contributed by atoms with van der Waals surface area (Å²) in [5.41, 5.74) is 0.111. The van der Waals surface area contributed by atoms with Crippen molar-refractivity contribution >= 4 is 22.8 Å². The van der Waals surface area contributed by atoms with E-state index in [9.17, 15) is 18.4 Å². The maximum Gasteiger partial charge on any atom is 0.416 e. The molecular weight excluding hydrogens is 437 g/mol. The van der Waals surface area contributed by atoms with Crippen LogP contribution in [0.1, 0.15) is 16.8 Å². The Morgan fingerprint density at radius 1 is 1.09 bits per heavy atom. The minimum Gasteiger partial charge on any atom is -0.381 e. The normalized spacial score (nSPS) is 14.6. The van der Waals surface area contributed by atoms with Crippen LogP contribution in [0.2, 0.25) is 0 Å². The van der Waals surface area contributed by atoms with Gasteiger partial charge in [0.2, 0.25) is 0 Å². The topological polar surface area (TPSA) is 114 Å². The molecule has 4 rings (SSSR count). The second-order valence-electron chi connectivity index (χ2n) is 7.35. The van der Waals surface area contributed by atoms with E-state index in [1.165, 1.54) is 16.8 Å². The van der Waals surface area contributed by atoms with E-state index < -0.39 is 11.7 Å². The lowest BCUT2D eigenvalue weighted by Crippen LogP contribution is -2.39. The summed E-state index contributed by atoms with van der Waals surface area (Å²) in [6, 6.07) is 8.31. The summed E-state index contributed by atoms with van der Waals surface area (Å²) in [6.45, 7) is 4.36. The minimum atomic E-state index is -4.61. The molecule has 2 N–H and O–H groups in total. The Balaban J connectivity index is 1.63. The molecule has 33 heavy (non-hydrogen) atoms. The van der Waals surface area contributed by atoms with Gasteiger partial charge in [0.15, 0.2) is 17.2 Å². The number of fused-ring (bicyclic) bond motifs is 1.